The fourth-order valence-electron chi connectivity index (χ4n) is 2.71. The summed E-state index contributed by atoms with van der Waals surface area (Å²) in [5.74, 6) is -0.0895. The van der Waals surface area contributed by atoms with Crippen molar-refractivity contribution in [2.45, 2.75) is 12.8 Å². The van der Waals surface area contributed by atoms with Crippen molar-refractivity contribution in [1.82, 2.24) is 19.4 Å². The van der Waals surface area contributed by atoms with E-state index in [0.29, 0.717) is 18.8 Å². The summed E-state index contributed by atoms with van der Waals surface area (Å²) in [6, 6.07) is 8.60. The Morgan fingerprint density at radius 2 is 2.00 bits per heavy atom. The van der Waals surface area contributed by atoms with Crippen LogP contribution in [-0.2, 0) is 10.0 Å². The number of rotatable bonds is 6. The molecular weight excluding hydrogens is 342 g/mol. The van der Waals surface area contributed by atoms with Gasteiger partial charge in [-0.05, 0) is 37.1 Å². The van der Waals surface area contributed by atoms with Crippen LogP contribution >= 0.6 is 0 Å². The van der Waals surface area contributed by atoms with Crippen LogP contribution in [0.2, 0.25) is 0 Å². The molecule has 0 bridgehead atoms. The topological polar surface area (TPSA) is 96.3 Å². The normalized spacial score (nSPS) is 15.2. The van der Waals surface area contributed by atoms with Crippen LogP contribution in [-0.4, -0.2) is 53.9 Å². The predicted octanol–water partition coefficient (Wildman–Crippen LogP) is 1.42. The Morgan fingerprint density at radius 1 is 1.20 bits per heavy atom. The molecule has 1 aliphatic rings. The van der Waals surface area contributed by atoms with Crippen LogP contribution in [0.15, 0.2) is 42.7 Å². The van der Waals surface area contributed by atoms with Gasteiger partial charge in [-0.15, -0.1) is 0 Å². The molecule has 0 aliphatic carbocycles. The van der Waals surface area contributed by atoms with Gasteiger partial charge in [0.25, 0.3) is 0 Å². The number of hydrogen-bond acceptors (Lipinski definition) is 4. The van der Waals surface area contributed by atoms with Crippen molar-refractivity contribution >= 4 is 21.7 Å². The third-order valence-corrected chi connectivity index (χ3v) is 5.85. The highest BCUT2D eigenvalue weighted by Crippen LogP contribution is 2.14. The Hall–Kier alpha value is -2.39. The Kier molecular flexibility index (Phi) is 5.34. The van der Waals surface area contributed by atoms with Crippen molar-refractivity contribution in [3.05, 3.63) is 42.7 Å². The second-order valence-corrected chi connectivity index (χ2v) is 7.89. The molecule has 0 unspecified atom stereocenters. The first-order valence-corrected chi connectivity index (χ1v) is 9.78. The molecule has 134 valence electrons. The summed E-state index contributed by atoms with van der Waals surface area (Å²) in [4.78, 5) is 12.0. The van der Waals surface area contributed by atoms with Crippen LogP contribution in [0.4, 0.5) is 10.5 Å². The zero-order valence-electron chi connectivity index (χ0n) is 13.8. The quantitative estimate of drug-likeness (QED) is 0.811. The molecule has 2 amide bonds. The molecule has 2 N–H and O–H groups in total. The molecule has 8 nitrogen and oxygen atoms in total. The molecule has 25 heavy (non-hydrogen) atoms. The van der Waals surface area contributed by atoms with Gasteiger partial charge in [-0.25, -0.2) is 22.2 Å². The number of nitrogens with zero attached hydrogens (tertiary/aromatic N) is 3. The third-order valence-electron chi connectivity index (χ3n) is 3.98. The third kappa shape index (κ3) is 4.58. The Labute approximate surface area is 146 Å². The van der Waals surface area contributed by atoms with E-state index in [9.17, 15) is 13.2 Å². The number of carbonyl (C=O) groups excluding carboxylic acids is 1. The summed E-state index contributed by atoms with van der Waals surface area (Å²) in [6.45, 7) is 1.23. The van der Waals surface area contributed by atoms with Crippen LogP contribution in [0.5, 0.6) is 0 Å². The first-order chi connectivity index (χ1) is 12.0. The van der Waals surface area contributed by atoms with Gasteiger partial charge in [-0.1, -0.05) is 6.07 Å². The number of urea groups is 1. The minimum Gasteiger partial charge on any atom is -0.337 e. The van der Waals surface area contributed by atoms with E-state index in [0.717, 1.165) is 18.5 Å². The highest BCUT2D eigenvalue weighted by atomic mass is 32.2. The summed E-state index contributed by atoms with van der Waals surface area (Å²) in [5.41, 5.74) is 1.42. The van der Waals surface area contributed by atoms with Crippen molar-refractivity contribution in [2.75, 3.05) is 30.7 Å². The standard InChI is InChI=1S/C16H21N5O3S/c22-16(17-8-12-25(23,24)20-9-1-2-10-20)19-14-5-3-6-15(13-14)21-11-4-7-18-21/h3-7,11,13H,1-2,8-10,12H2,(H2,17,19,22). The van der Waals surface area contributed by atoms with Gasteiger partial charge in [-0.2, -0.15) is 5.10 Å². The molecule has 1 fully saturated rings. The Morgan fingerprint density at radius 3 is 2.72 bits per heavy atom. The summed E-state index contributed by atoms with van der Waals surface area (Å²) < 4.78 is 27.4. The van der Waals surface area contributed by atoms with Crippen molar-refractivity contribution in [3.8, 4) is 5.69 Å². The number of carbonyl (C=O) groups is 1. The number of hydrogen-bond donors (Lipinski definition) is 2. The van der Waals surface area contributed by atoms with Crippen LogP contribution < -0.4 is 10.6 Å². The van der Waals surface area contributed by atoms with Crippen molar-refractivity contribution < 1.29 is 13.2 Å². The number of nitrogens with one attached hydrogen (secondary N) is 2. The van der Waals surface area contributed by atoms with E-state index < -0.39 is 16.1 Å². The molecule has 1 aromatic carbocycles. The average Bonchev–Trinajstić information content (AvgIpc) is 3.29. The number of amides is 2. The van der Waals surface area contributed by atoms with Crippen molar-refractivity contribution in [3.63, 3.8) is 0 Å². The monoisotopic (exact) mass is 363 g/mol. The molecule has 0 spiro atoms. The van der Waals surface area contributed by atoms with Gasteiger partial charge < -0.3 is 10.6 Å². The lowest BCUT2D eigenvalue weighted by molar-refractivity contribution is 0.252. The lowest BCUT2D eigenvalue weighted by Crippen LogP contribution is -2.37. The van der Waals surface area contributed by atoms with Crippen LogP contribution in [0.25, 0.3) is 5.69 Å². The molecule has 1 aromatic heterocycles. The number of anilines is 1. The first kappa shape index (κ1) is 17.4. The molecule has 2 heterocycles. The lowest BCUT2D eigenvalue weighted by atomic mass is 10.3. The van der Waals surface area contributed by atoms with E-state index >= 15 is 0 Å². The summed E-state index contributed by atoms with van der Waals surface area (Å²) in [6.07, 6.45) is 5.29. The van der Waals surface area contributed by atoms with E-state index in [1.165, 1.54) is 4.31 Å². The van der Waals surface area contributed by atoms with E-state index in [1.54, 1.807) is 23.0 Å². The Balaban J connectivity index is 1.50. The molecule has 1 aliphatic heterocycles. The maximum Gasteiger partial charge on any atom is 0.319 e. The van der Waals surface area contributed by atoms with Crippen molar-refractivity contribution in [2.24, 2.45) is 0 Å². The predicted molar refractivity (Wildman–Crippen MR) is 95.2 cm³/mol. The lowest BCUT2D eigenvalue weighted by Gasteiger charge is -2.15. The van der Waals surface area contributed by atoms with Gasteiger partial charge in [-0.3, -0.25) is 0 Å². The maximum atomic E-state index is 12.1. The molecule has 0 radical (unpaired) electrons. The van der Waals surface area contributed by atoms with E-state index in [1.807, 2.05) is 24.4 Å². The second-order valence-electron chi connectivity index (χ2n) is 5.80. The minimum absolute atomic E-state index is 0.0729. The fraction of sp³-hybridized carbons (Fsp3) is 0.375. The SMILES string of the molecule is O=C(NCCS(=O)(=O)N1CCCC1)Nc1cccc(-n2cccn2)c1. The maximum absolute atomic E-state index is 12.1. The number of sulfonamides is 1. The molecular formula is C16H21N5O3S. The highest BCUT2D eigenvalue weighted by Gasteiger charge is 2.24. The highest BCUT2D eigenvalue weighted by molar-refractivity contribution is 7.89. The summed E-state index contributed by atoms with van der Waals surface area (Å²) in [5, 5.41) is 9.43. The largest absolute Gasteiger partial charge is 0.337 e. The van der Waals surface area contributed by atoms with Gasteiger partial charge >= 0.3 is 6.03 Å². The molecule has 3 rings (SSSR count). The van der Waals surface area contributed by atoms with Crippen molar-refractivity contribution in [1.29, 1.82) is 0 Å². The molecule has 0 saturated carbocycles. The van der Waals surface area contributed by atoms with E-state index in [2.05, 4.69) is 15.7 Å². The van der Waals surface area contributed by atoms with Gasteiger partial charge in [0.05, 0.1) is 11.4 Å². The summed E-state index contributed by atoms with van der Waals surface area (Å²) >= 11 is 0. The smallest absolute Gasteiger partial charge is 0.319 e. The zero-order valence-corrected chi connectivity index (χ0v) is 14.6. The molecule has 0 atom stereocenters. The van der Waals surface area contributed by atoms with Crippen LogP contribution in [0.3, 0.4) is 0 Å². The van der Waals surface area contributed by atoms with Gasteiger partial charge in [0, 0.05) is 37.7 Å². The van der Waals surface area contributed by atoms with E-state index in [-0.39, 0.29) is 12.3 Å². The second kappa shape index (κ2) is 7.66. The first-order valence-electron chi connectivity index (χ1n) is 8.17. The van der Waals surface area contributed by atoms with Gasteiger partial charge in [0.2, 0.25) is 10.0 Å². The van der Waals surface area contributed by atoms with E-state index in [4.69, 9.17) is 0 Å². The minimum atomic E-state index is -3.29. The average molecular weight is 363 g/mol. The van der Waals surface area contributed by atoms with Gasteiger partial charge in [0.15, 0.2) is 0 Å². The number of benzene rings is 1. The zero-order chi connectivity index (χ0) is 17.7. The molecule has 2 aromatic rings. The fourth-order valence-corrected chi connectivity index (χ4v) is 4.14. The molecule has 1 saturated heterocycles. The number of aromatic nitrogens is 2. The Bertz CT molecular complexity index is 814. The summed E-state index contributed by atoms with van der Waals surface area (Å²) in [7, 11) is -3.29. The van der Waals surface area contributed by atoms with Crippen LogP contribution in [0.1, 0.15) is 12.8 Å². The van der Waals surface area contributed by atoms with Crippen LogP contribution in [0, 0.1) is 0 Å². The van der Waals surface area contributed by atoms with Gasteiger partial charge in [0.1, 0.15) is 0 Å². The molecule has 9 heteroatoms.